The molecule has 2 aliphatic carbocycles. The van der Waals surface area contributed by atoms with E-state index < -0.39 is 0 Å². The molecule has 3 rings (SSSR count). The maximum absolute atomic E-state index is 14.3. The minimum Gasteiger partial charge on any atom is -0.371 e. The van der Waals surface area contributed by atoms with Gasteiger partial charge in [0.05, 0.1) is 0 Å². The molecule has 3 heteroatoms. The smallest absolute Gasteiger partial charge is 0.129 e. The Labute approximate surface area is 127 Å². The zero-order chi connectivity index (χ0) is 14.7. The van der Waals surface area contributed by atoms with Crippen LogP contribution in [0, 0.1) is 17.7 Å². The van der Waals surface area contributed by atoms with E-state index in [1.165, 1.54) is 25.7 Å². The molecule has 2 fully saturated rings. The molecule has 0 radical (unpaired) electrons. The van der Waals surface area contributed by atoms with Crippen LogP contribution in [0.2, 0.25) is 0 Å². The molecule has 1 N–H and O–H groups in total. The van der Waals surface area contributed by atoms with Gasteiger partial charge in [0, 0.05) is 30.9 Å². The van der Waals surface area contributed by atoms with E-state index in [-0.39, 0.29) is 5.82 Å². The van der Waals surface area contributed by atoms with Gasteiger partial charge in [0.15, 0.2) is 0 Å². The van der Waals surface area contributed by atoms with E-state index >= 15 is 0 Å². The van der Waals surface area contributed by atoms with Gasteiger partial charge in [-0.25, -0.2) is 4.39 Å². The van der Waals surface area contributed by atoms with Crippen LogP contribution in [0.5, 0.6) is 0 Å². The molecule has 0 saturated heterocycles. The number of nitrogens with one attached hydrogen (secondary N) is 1. The molecule has 0 amide bonds. The first-order chi connectivity index (χ1) is 10.3. The summed E-state index contributed by atoms with van der Waals surface area (Å²) in [6, 6.07) is 5.57. The van der Waals surface area contributed by atoms with Gasteiger partial charge in [0.2, 0.25) is 0 Å². The summed E-state index contributed by atoms with van der Waals surface area (Å²) >= 11 is 0. The predicted octanol–water partition coefficient (Wildman–Crippen LogP) is 3.95. The fraction of sp³-hybridized carbons (Fsp3) is 0.667. The number of hydrogen-bond acceptors (Lipinski definition) is 2. The molecular weight excluding hydrogens is 263 g/mol. The number of rotatable bonds is 9. The Morgan fingerprint density at radius 2 is 1.81 bits per heavy atom. The predicted molar refractivity (Wildman–Crippen MR) is 86.1 cm³/mol. The van der Waals surface area contributed by atoms with Crippen LogP contribution < -0.4 is 10.2 Å². The van der Waals surface area contributed by atoms with Crippen molar-refractivity contribution in [1.29, 1.82) is 0 Å². The monoisotopic (exact) mass is 290 g/mol. The van der Waals surface area contributed by atoms with E-state index in [2.05, 4.69) is 23.2 Å². The van der Waals surface area contributed by atoms with Crippen molar-refractivity contribution < 1.29 is 4.39 Å². The SMILES string of the molecule is CCCNCc1c(F)cccc1N(CC1CC1)CC1CC1. The average Bonchev–Trinajstić information content (AvgIpc) is 3.35. The van der Waals surface area contributed by atoms with Crippen LogP contribution in [0.25, 0.3) is 0 Å². The van der Waals surface area contributed by atoms with Gasteiger partial charge in [0.1, 0.15) is 5.82 Å². The molecule has 0 atom stereocenters. The quantitative estimate of drug-likeness (QED) is 0.693. The Bertz CT molecular complexity index is 452. The first-order valence-corrected chi connectivity index (χ1v) is 8.51. The van der Waals surface area contributed by atoms with E-state index in [0.29, 0.717) is 6.54 Å². The summed E-state index contributed by atoms with van der Waals surface area (Å²) in [7, 11) is 0. The third kappa shape index (κ3) is 4.19. The van der Waals surface area contributed by atoms with Crippen molar-refractivity contribution in [2.24, 2.45) is 11.8 Å². The molecule has 0 aliphatic heterocycles. The zero-order valence-electron chi connectivity index (χ0n) is 13.1. The van der Waals surface area contributed by atoms with Gasteiger partial charge in [-0.3, -0.25) is 0 Å². The lowest BCUT2D eigenvalue weighted by atomic mass is 10.1. The summed E-state index contributed by atoms with van der Waals surface area (Å²) in [5.41, 5.74) is 1.98. The van der Waals surface area contributed by atoms with Crippen molar-refractivity contribution in [3.8, 4) is 0 Å². The Morgan fingerprint density at radius 1 is 1.14 bits per heavy atom. The van der Waals surface area contributed by atoms with E-state index in [1.807, 2.05) is 6.07 Å². The van der Waals surface area contributed by atoms with Crippen LogP contribution >= 0.6 is 0 Å². The number of anilines is 1. The van der Waals surface area contributed by atoms with Crippen LogP contribution in [0.15, 0.2) is 18.2 Å². The molecule has 0 spiro atoms. The second-order valence-electron chi connectivity index (χ2n) is 6.71. The van der Waals surface area contributed by atoms with Crippen molar-refractivity contribution in [2.75, 3.05) is 24.5 Å². The average molecular weight is 290 g/mol. The second kappa shape index (κ2) is 6.78. The summed E-state index contributed by atoms with van der Waals surface area (Å²) in [5.74, 6) is 1.61. The highest BCUT2D eigenvalue weighted by Gasteiger charge is 2.30. The summed E-state index contributed by atoms with van der Waals surface area (Å²) in [5, 5.41) is 3.36. The van der Waals surface area contributed by atoms with Crippen LogP contribution in [-0.4, -0.2) is 19.6 Å². The molecule has 1 aromatic carbocycles. The Balaban J connectivity index is 1.76. The van der Waals surface area contributed by atoms with Gasteiger partial charge in [0.25, 0.3) is 0 Å². The van der Waals surface area contributed by atoms with Crippen molar-refractivity contribution in [2.45, 2.75) is 45.6 Å². The van der Waals surface area contributed by atoms with Crippen molar-refractivity contribution >= 4 is 5.69 Å². The van der Waals surface area contributed by atoms with Gasteiger partial charge < -0.3 is 10.2 Å². The highest BCUT2D eigenvalue weighted by Crippen LogP contribution is 2.37. The Hall–Kier alpha value is -1.09. The molecule has 21 heavy (non-hydrogen) atoms. The first kappa shape index (κ1) is 14.8. The van der Waals surface area contributed by atoms with Gasteiger partial charge in [-0.1, -0.05) is 13.0 Å². The summed E-state index contributed by atoms with van der Waals surface area (Å²) in [6.07, 6.45) is 6.47. The van der Waals surface area contributed by atoms with Crippen molar-refractivity contribution in [3.63, 3.8) is 0 Å². The summed E-state index contributed by atoms with van der Waals surface area (Å²) in [6.45, 7) is 5.95. The van der Waals surface area contributed by atoms with Crippen molar-refractivity contribution in [3.05, 3.63) is 29.6 Å². The number of nitrogens with zero attached hydrogens (tertiary/aromatic N) is 1. The van der Waals surface area contributed by atoms with Gasteiger partial charge in [-0.15, -0.1) is 0 Å². The molecule has 0 bridgehead atoms. The fourth-order valence-electron chi connectivity index (χ4n) is 2.90. The molecular formula is C18H27FN2. The van der Waals surface area contributed by atoms with E-state index in [0.717, 1.165) is 49.1 Å². The molecule has 0 aromatic heterocycles. The maximum atomic E-state index is 14.3. The van der Waals surface area contributed by atoms with Gasteiger partial charge in [-0.05, 0) is 62.6 Å². The summed E-state index contributed by atoms with van der Waals surface area (Å²) in [4.78, 5) is 2.46. The van der Waals surface area contributed by atoms with Crippen LogP contribution in [0.3, 0.4) is 0 Å². The van der Waals surface area contributed by atoms with E-state index in [4.69, 9.17) is 0 Å². The van der Waals surface area contributed by atoms with Crippen LogP contribution in [0.1, 0.15) is 44.6 Å². The minimum atomic E-state index is -0.0623. The van der Waals surface area contributed by atoms with E-state index in [1.54, 1.807) is 6.07 Å². The number of benzene rings is 1. The molecule has 2 saturated carbocycles. The summed E-state index contributed by atoms with van der Waals surface area (Å²) < 4.78 is 14.3. The normalized spacial score (nSPS) is 18.0. The van der Waals surface area contributed by atoms with Crippen LogP contribution in [-0.2, 0) is 6.54 Å². The fourth-order valence-corrected chi connectivity index (χ4v) is 2.90. The molecule has 0 heterocycles. The van der Waals surface area contributed by atoms with Crippen LogP contribution in [0.4, 0.5) is 10.1 Å². The van der Waals surface area contributed by atoms with E-state index in [9.17, 15) is 4.39 Å². The van der Waals surface area contributed by atoms with Crippen molar-refractivity contribution in [1.82, 2.24) is 5.32 Å². The number of hydrogen-bond donors (Lipinski definition) is 1. The highest BCUT2D eigenvalue weighted by atomic mass is 19.1. The third-order valence-electron chi connectivity index (χ3n) is 4.51. The lowest BCUT2D eigenvalue weighted by molar-refractivity contribution is 0.581. The number of halogens is 1. The largest absolute Gasteiger partial charge is 0.371 e. The third-order valence-corrected chi connectivity index (χ3v) is 4.51. The van der Waals surface area contributed by atoms with Gasteiger partial charge >= 0.3 is 0 Å². The standard InChI is InChI=1S/C18H27FN2/c1-2-10-20-11-16-17(19)4-3-5-18(16)21(12-14-6-7-14)13-15-8-9-15/h3-5,14-15,20H,2,6-13H2,1H3. The lowest BCUT2D eigenvalue weighted by Crippen LogP contribution is -2.30. The molecule has 2 nitrogen and oxygen atoms in total. The Morgan fingerprint density at radius 3 is 2.38 bits per heavy atom. The first-order valence-electron chi connectivity index (χ1n) is 8.51. The van der Waals surface area contributed by atoms with Gasteiger partial charge in [-0.2, -0.15) is 0 Å². The molecule has 0 unspecified atom stereocenters. The second-order valence-corrected chi connectivity index (χ2v) is 6.71. The minimum absolute atomic E-state index is 0.0623. The topological polar surface area (TPSA) is 15.3 Å². The highest BCUT2D eigenvalue weighted by molar-refractivity contribution is 5.54. The maximum Gasteiger partial charge on any atom is 0.129 e. The molecule has 1 aromatic rings. The molecule has 2 aliphatic rings. The zero-order valence-corrected chi connectivity index (χ0v) is 13.1. The molecule has 116 valence electrons. The Kier molecular flexibility index (Phi) is 4.79. The lowest BCUT2D eigenvalue weighted by Gasteiger charge is -2.28.